The van der Waals surface area contributed by atoms with Crippen molar-refractivity contribution in [2.45, 2.75) is 20.4 Å². The molecule has 0 unspecified atom stereocenters. The van der Waals surface area contributed by atoms with Gasteiger partial charge in [-0.2, -0.15) is 0 Å². The van der Waals surface area contributed by atoms with Crippen molar-refractivity contribution in [1.29, 1.82) is 0 Å². The summed E-state index contributed by atoms with van der Waals surface area (Å²) in [7, 11) is 1.27. The van der Waals surface area contributed by atoms with Crippen LogP contribution in [0.5, 0.6) is 0 Å². The van der Waals surface area contributed by atoms with Crippen LogP contribution in [-0.2, 0) is 16.1 Å². The third kappa shape index (κ3) is 4.75. The summed E-state index contributed by atoms with van der Waals surface area (Å²) in [4.78, 5) is 24.8. The summed E-state index contributed by atoms with van der Waals surface area (Å²) in [6.45, 7) is 6.47. The molecule has 6 nitrogen and oxygen atoms in total. The van der Waals surface area contributed by atoms with E-state index in [-0.39, 0.29) is 12.3 Å². The maximum Gasteiger partial charge on any atom is 0.325 e. The van der Waals surface area contributed by atoms with Gasteiger partial charge in [-0.15, -0.1) is 0 Å². The molecule has 1 aromatic heterocycles. The average molecular weight is 268 g/mol. The molecule has 1 amide bonds. The van der Waals surface area contributed by atoms with Gasteiger partial charge in [0.15, 0.2) is 5.76 Å². The second-order valence-corrected chi connectivity index (χ2v) is 3.99. The molecule has 1 aromatic rings. The summed E-state index contributed by atoms with van der Waals surface area (Å²) < 4.78 is 9.87. The molecule has 0 aliphatic rings. The molecule has 6 heteroatoms. The van der Waals surface area contributed by atoms with Crippen molar-refractivity contribution in [3.05, 3.63) is 23.7 Å². The molecule has 0 bridgehead atoms. The minimum atomic E-state index is -0.497. The van der Waals surface area contributed by atoms with E-state index in [1.807, 2.05) is 0 Å². The van der Waals surface area contributed by atoms with Crippen molar-refractivity contribution in [3.63, 3.8) is 0 Å². The van der Waals surface area contributed by atoms with E-state index in [4.69, 9.17) is 4.42 Å². The fourth-order valence-corrected chi connectivity index (χ4v) is 1.56. The minimum absolute atomic E-state index is 0.165. The molecule has 0 radical (unpaired) electrons. The van der Waals surface area contributed by atoms with Crippen LogP contribution in [0.2, 0.25) is 0 Å². The van der Waals surface area contributed by atoms with Crippen molar-refractivity contribution in [2.24, 2.45) is 0 Å². The Morgan fingerprint density at radius 1 is 1.32 bits per heavy atom. The van der Waals surface area contributed by atoms with E-state index in [0.29, 0.717) is 6.54 Å². The number of furan rings is 1. The summed E-state index contributed by atoms with van der Waals surface area (Å²) in [5.74, 6) is 0.0115. The number of carbonyl (C=O) groups excluding carboxylic acids is 2. The summed E-state index contributed by atoms with van der Waals surface area (Å²) in [5, 5.41) is 2.42. The third-order valence-electron chi connectivity index (χ3n) is 2.78. The monoisotopic (exact) mass is 268 g/mol. The Bertz CT molecular complexity index is 424. The van der Waals surface area contributed by atoms with E-state index in [1.165, 1.54) is 7.11 Å². The van der Waals surface area contributed by atoms with Crippen molar-refractivity contribution >= 4 is 11.9 Å². The van der Waals surface area contributed by atoms with Crippen LogP contribution in [0, 0.1) is 0 Å². The number of esters is 1. The standard InChI is InChI=1S/C13H20N2O4/c1-4-15(5-2)9-10-6-7-11(19-10)13(17)14-8-12(16)18-3/h6-7H,4-5,8-9H2,1-3H3,(H,14,17). The number of nitrogens with one attached hydrogen (secondary N) is 1. The first-order chi connectivity index (χ1) is 9.10. The number of methoxy groups -OCH3 is 1. The Labute approximate surface area is 112 Å². The largest absolute Gasteiger partial charge is 0.468 e. The second kappa shape index (κ2) is 7.58. The molecule has 0 saturated heterocycles. The Hall–Kier alpha value is -1.82. The van der Waals surface area contributed by atoms with Gasteiger partial charge in [0.25, 0.3) is 5.91 Å². The van der Waals surface area contributed by atoms with Crippen molar-refractivity contribution < 1.29 is 18.7 Å². The van der Waals surface area contributed by atoms with Crippen LogP contribution in [0.15, 0.2) is 16.5 Å². The lowest BCUT2D eigenvalue weighted by Crippen LogP contribution is -2.29. The molecule has 0 spiro atoms. The molecule has 0 aliphatic carbocycles. The molecule has 19 heavy (non-hydrogen) atoms. The summed E-state index contributed by atoms with van der Waals surface area (Å²) in [6, 6.07) is 3.37. The van der Waals surface area contributed by atoms with E-state index >= 15 is 0 Å². The highest BCUT2D eigenvalue weighted by Crippen LogP contribution is 2.10. The Morgan fingerprint density at radius 2 is 2.00 bits per heavy atom. The highest BCUT2D eigenvalue weighted by Gasteiger charge is 2.13. The lowest BCUT2D eigenvalue weighted by molar-refractivity contribution is -0.139. The predicted molar refractivity (Wildman–Crippen MR) is 69.7 cm³/mol. The first kappa shape index (κ1) is 15.2. The highest BCUT2D eigenvalue weighted by atomic mass is 16.5. The van der Waals surface area contributed by atoms with Crippen molar-refractivity contribution in [3.8, 4) is 0 Å². The number of amides is 1. The van der Waals surface area contributed by atoms with Gasteiger partial charge < -0.3 is 14.5 Å². The predicted octanol–water partition coefficient (Wildman–Crippen LogP) is 1.02. The number of hydrogen-bond acceptors (Lipinski definition) is 5. The topological polar surface area (TPSA) is 71.8 Å². The minimum Gasteiger partial charge on any atom is -0.468 e. The van der Waals surface area contributed by atoms with Crippen molar-refractivity contribution in [2.75, 3.05) is 26.7 Å². The molecular formula is C13H20N2O4. The Morgan fingerprint density at radius 3 is 2.58 bits per heavy atom. The van der Waals surface area contributed by atoms with Gasteiger partial charge in [-0.1, -0.05) is 13.8 Å². The molecule has 1 rings (SSSR count). The van der Waals surface area contributed by atoms with Gasteiger partial charge in [-0.3, -0.25) is 14.5 Å². The van der Waals surface area contributed by atoms with Crippen LogP contribution in [0.4, 0.5) is 0 Å². The average Bonchev–Trinajstić information content (AvgIpc) is 2.90. The first-order valence-electron chi connectivity index (χ1n) is 6.26. The smallest absolute Gasteiger partial charge is 0.325 e. The summed E-state index contributed by atoms with van der Waals surface area (Å²) >= 11 is 0. The van der Waals surface area contributed by atoms with Gasteiger partial charge >= 0.3 is 5.97 Å². The Balaban J connectivity index is 2.53. The third-order valence-corrected chi connectivity index (χ3v) is 2.78. The molecule has 0 aromatic carbocycles. The quantitative estimate of drug-likeness (QED) is 0.748. The fourth-order valence-electron chi connectivity index (χ4n) is 1.56. The molecule has 106 valence electrons. The number of hydrogen-bond donors (Lipinski definition) is 1. The van der Waals surface area contributed by atoms with Crippen LogP contribution in [-0.4, -0.2) is 43.5 Å². The zero-order valence-corrected chi connectivity index (χ0v) is 11.6. The van der Waals surface area contributed by atoms with Crippen LogP contribution in [0.25, 0.3) is 0 Å². The van der Waals surface area contributed by atoms with E-state index in [9.17, 15) is 9.59 Å². The lowest BCUT2D eigenvalue weighted by Gasteiger charge is -2.15. The number of carbonyl (C=O) groups is 2. The normalized spacial score (nSPS) is 10.5. The molecular weight excluding hydrogens is 248 g/mol. The number of ether oxygens (including phenoxy) is 1. The van der Waals surface area contributed by atoms with E-state index in [1.54, 1.807) is 12.1 Å². The number of nitrogens with zero attached hydrogens (tertiary/aromatic N) is 1. The fraction of sp³-hybridized carbons (Fsp3) is 0.538. The van der Waals surface area contributed by atoms with Crippen LogP contribution >= 0.6 is 0 Å². The molecule has 0 saturated carbocycles. The maximum atomic E-state index is 11.7. The van der Waals surface area contributed by atoms with Gasteiger partial charge in [0.1, 0.15) is 12.3 Å². The van der Waals surface area contributed by atoms with E-state index in [2.05, 4.69) is 28.8 Å². The Kier molecular flexibility index (Phi) is 6.08. The van der Waals surface area contributed by atoms with Crippen molar-refractivity contribution in [1.82, 2.24) is 10.2 Å². The zero-order valence-electron chi connectivity index (χ0n) is 11.6. The molecule has 0 aliphatic heterocycles. The van der Waals surface area contributed by atoms with Gasteiger partial charge in [0, 0.05) is 0 Å². The molecule has 1 heterocycles. The van der Waals surface area contributed by atoms with E-state index in [0.717, 1.165) is 18.8 Å². The molecule has 1 N–H and O–H groups in total. The van der Waals surface area contributed by atoms with Crippen LogP contribution in [0.3, 0.4) is 0 Å². The molecule has 0 atom stereocenters. The molecule has 0 fully saturated rings. The zero-order chi connectivity index (χ0) is 14.3. The second-order valence-electron chi connectivity index (χ2n) is 3.99. The first-order valence-corrected chi connectivity index (χ1v) is 6.26. The van der Waals surface area contributed by atoms with Gasteiger partial charge in [-0.05, 0) is 25.2 Å². The summed E-state index contributed by atoms with van der Waals surface area (Å²) in [5.41, 5.74) is 0. The number of rotatable bonds is 7. The summed E-state index contributed by atoms with van der Waals surface area (Å²) in [6.07, 6.45) is 0. The van der Waals surface area contributed by atoms with Gasteiger partial charge in [0.05, 0.1) is 13.7 Å². The van der Waals surface area contributed by atoms with Gasteiger partial charge in [0.2, 0.25) is 0 Å². The highest BCUT2D eigenvalue weighted by molar-refractivity contribution is 5.93. The van der Waals surface area contributed by atoms with Crippen LogP contribution in [0.1, 0.15) is 30.2 Å². The van der Waals surface area contributed by atoms with Gasteiger partial charge in [-0.25, -0.2) is 0 Å². The van der Waals surface area contributed by atoms with E-state index < -0.39 is 11.9 Å². The van der Waals surface area contributed by atoms with Crippen LogP contribution < -0.4 is 5.32 Å². The lowest BCUT2D eigenvalue weighted by atomic mass is 10.3. The SMILES string of the molecule is CCN(CC)Cc1ccc(C(=O)NCC(=O)OC)o1. The maximum absolute atomic E-state index is 11.7.